The molecule has 2 heterocycles. The Morgan fingerprint density at radius 1 is 1.17 bits per heavy atom. The van der Waals surface area contributed by atoms with Gasteiger partial charge >= 0.3 is 0 Å². The van der Waals surface area contributed by atoms with E-state index in [0.29, 0.717) is 30.6 Å². The quantitative estimate of drug-likeness (QED) is 0.861. The number of anilines is 1. The average molecular weight is 247 g/mol. The van der Waals surface area contributed by atoms with Crippen molar-refractivity contribution in [2.75, 3.05) is 31.2 Å². The zero-order valence-electron chi connectivity index (χ0n) is 9.74. The van der Waals surface area contributed by atoms with Crippen LogP contribution in [0.4, 0.5) is 5.95 Å². The second-order valence-corrected chi connectivity index (χ2v) is 4.02. The van der Waals surface area contributed by atoms with Crippen LogP contribution in [0.2, 0.25) is 0 Å². The molecular weight excluding hydrogens is 234 g/mol. The fourth-order valence-electron chi connectivity index (χ4n) is 1.87. The van der Waals surface area contributed by atoms with Crippen molar-refractivity contribution in [3.63, 3.8) is 0 Å². The number of para-hydroxylation sites is 1. The Labute approximate surface area is 104 Å². The smallest absolute Gasteiger partial charge is 0.266 e. The minimum Gasteiger partial charge on any atom is -0.507 e. The average Bonchev–Trinajstić information content (AvgIpc) is 2.90. The molecule has 6 nitrogen and oxygen atoms in total. The molecule has 0 spiro atoms. The van der Waals surface area contributed by atoms with Crippen LogP contribution in [0.25, 0.3) is 11.5 Å². The van der Waals surface area contributed by atoms with Gasteiger partial charge in [-0.05, 0) is 17.3 Å². The van der Waals surface area contributed by atoms with E-state index in [9.17, 15) is 5.11 Å². The van der Waals surface area contributed by atoms with Crippen molar-refractivity contribution in [3.05, 3.63) is 24.3 Å². The maximum absolute atomic E-state index is 9.72. The van der Waals surface area contributed by atoms with Crippen LogP contribution >= 0.6 is 0 Å². The van der Waals surface area contributed by atoms with Crippen molar-refractivity contribution >= 4 is 5.95 Å². The third-order valence-corrected chi connectivity index (χ3v) is 2.84. The number of phenolic OH excluding ortho intramolecular Hbond substituents is 1. The maximum atomic E-state index is 9.72. The van der Waals surface area contributed by atoms with Gasteiger partial charge in [-0.15, -0.1) is 0 Å². The molecule has 0 aliphatic carbocycles. The van der Waals surface area contributed by atoms with Gasteiger partial charge < -0.3 is 19.3 Å². The standard InChI is InChI=1S/C12H13N3O3/c16-10-4-2-1-3-9(10)11-13-12(14-18-11)15-5-7-17-8-6-15/h1-4,16H,5-8H2. The molecule has 1 aliphatic heterocycles. The monoisotopic (exact) mass is 247 g/mol. The number of rotatable bonds is 2. The van der Waals surface area contributed by atoms with Gasteiger partial charge in [-0.3, -0.25) is 0 Å². The molecule has 0 unspecified atom stereocenters. The van der Waals surface area contributed by atoms with Crippen LogP contribution in [0.15, 0.2) is 28.8 Å². The first kappa shape index (κ1) is 11.0. The Bertz CT molecular complexity index is 535. The molecule has 0 bridgehead atoms. The highest BCUT2D eigenvalue weighted by atomic mass is 16.5. The Morgan fingerprint density at radius 3 is 2.72 bits per heavy atom. The molecule has 3 rings (SSSR count). The highest BCUT2D eigenvalue weighted by Crippen LogP contribution is 2.28. The molecular formula is C12H13N3O3. The summed E-state index contributed by atoms with van der Waals surface area (Å²) in [4.78, 5) is 6.29. The normalized spacial score (nSPS) is 15.9. The number of nitrogens with zero attached hydrogens (tertiary/aromatic N) is 3. The topological polar surface area (TPSA) is 71.6 Å². The Morgan fingerprint density at radius 2 is 1.94 bits per heavy atom. The van der Waals surface area contributed by atoms with E-state index >= 15 is 0 Å². The molecule has 0 amide bonds. The zero-order chi connectivity index (χ0) is 12.4. The summed E-state index contributed by atoms with van der Waals surface area (Å²) in [6.45, 7) is 2.83. The summed E-state index contributed by atoms with van der Waals surface area (Å²) in [5.74, 6) is 1.00. The summed E-state index contributed by atoms with van der Waals surface area (Å²) in [5, 5.41) is 13.7. The molecule has 1 saturated heterocycles. The van der Waals surface area contributed by atoms with Gasteiger partial charge in [0.25, 0.3) is 11.8 Å². The van der Waals surface area contributed by atoms with Crippen LogP contribution < -0.4 is 4.90 Å². The number of ether oxygens (including phenoxy) is 1. The number of aromatic nitrogens is 2. The molecule has 1 aromatic carbocycles. The van der Waals surface area contributed by atoms with Gasteiger partial charge in [-0.25, -0.2) is 0 Å². The van der Waals surface area contributed by atoms with Gasteiger partial charge in [0.15, 0.2) is 0 Å². The van der Waals surface area contributed by atoms with E-state index in [1.807, 2.05) is 11.0 Å². The first-order chi connectivity index (χ1) is 8.84. The molecule has 1 N–H and O–H groups in total. The summed E-state index contributed by atoms with van der Waals surface area (Å²) in [6.07, 6.45) is 0. The van der Waals surface area contributed by atoms with Crippen LogP contribution in [0, 0.1) is 0 Å². The highest BCUT2D eigenvalue weighted by Gasteiger charge is 2.18. The SMILES string of the molecule is Oc1ccccc1-c1nc(N2CCOCC2)no1. The molecule has 1 aliphatic rings. The van der Waals surface area contributed by atoms with Crippen molar-refractivity contribution in [2.45, 2.75) is 0 Å². The first-order valence-corrected chi connectivity index (χ1v) is 5.79. The number of hydrogen-bond acceptors (Lipinski definition) is 6. The summed E-state index contributed by atoms with van der Waals surface area (Å²) < 4.78 is 10.4. The second kappa shape index (κ2) is 4.66. The van der Waals surface area contributed by atoms with E-state index in [-0.39, 0.29) is 5.75 Å². The van der Waals surface area contributed by atoms with Crippen LogP contribution in [-0.4, -0.2) is 41.6 Å². The first-order valence-electron chi connectivity index (χ1n) is 5.79. The van der Waals surface area contributed by atoms with Crippen LogP contribution in [0.3, 0.4) is 0 Å². The number of phenols is 1. The van der Waals surface area contributed by atoms with Crippen LogP contribution in [0.1, 0.15) is 0 Å². The van der Waals surface area contributed by atoms with E-state index in [1.165, 1.54) is 0 Å². The van der Waals surface area contributed by atoms with Crippen LogP contribution in [0.5, 0.6) is 5.75 Å². The van der Waals surface area contributed by atoms with Gasteiger partial charge in [0.05, 0.1) is 18.8 Å². The fraction of sp³-hybridized carbons (Fsp3) is 0.333. The molecule has 18 heavy (non-hydrogen) atoms. The lowest BCUT2D eigenvalue weighted by Crippen LogP contribution is -2.36. The Balaban J connectivity index is 1.87. The number of morpholine rings is 1. The van der Waals surface area contributed by atoms with E-state index in [2.05, 4.69) is 10.1 Å². The molecule has 2 aromatic rings. The molecule has 94 valence electrons. The third kappa shape index (κ3) is 2.02. The Kier molecular flexibility index (Phi) is 2.85. The van der Waals surface area contributed by atoms with Gasteiger partial charge in [0, 0.05) is 13.1 Å². The molecule has 1 fully saturated rings. The molecule has 0 saturated carbocycles. The van der Waals surface area contributed by atoms with Crippen molar-refractivity contribution in [3.8, 4) is 17.2 Å². The minimum absolute atomic E-state index is 0.134. The number of hydrogen-bond donors (Lipinski definition) is 1. The van der Waals surface area contributed by atoms with Crippen molar-refractivity contribution in [1.82, 2.24) is 10.1 Å². The third-order valence-electron chi connectivity index (χ3n) is 2.84. The molecule has 1 aromatic heterocycles. The van der Waals surface area contributed by atoms with E-state index < -0.39 is 0 Å². The highest BCUT2D eigenvalue weighted by molar-refractivity contribution is 5.62. The Hall–Kier alpha value is -2.08. The largest absolute Gasteiger partial charge is 0.507 e. The lowest BCUT2D eigenvalue weighted by Gasteiger charge is -2.24. The van der Waals surface area contributed by atoms with E-state index in [0.717, 1.165) is 13.1 Å². The summed E-state index contributed by atoms with van der Waals surface area (Å²) in [6, 6.07) is 6.89. The lowest BCUT2D eigenvalue weighted by atomic mass is 10.2. The minimum atomic E-state index is 0.134. The number of benzene rings is 1. The number of aromatic hydroxyl groups is 1. The van der Waals surface area contributed by atoms with Gasteiger partial charge in [0.2, 0.25) is 0 Å². The predicted molar refractivity (Wildman–Crippen MR) is 64.4 cm³/mol. The van der Waals surface area contributed by atoms with E-state index in [4.69, 9.17) is 9.26 Å². The van der Waals surface area contributed by atoms with Gasteiger partial charge in [-0.2, -0.15) is 4.98 Å². The van der Waals surface area contributed by atoms with Crippen molar-refractivity contribution in [2.24, 2.45) is 0 Å². The summed E-state index contributed by atoms with van der Waals surface area (Å²) >= 11 is 0. The maximum Gasteiger partial charge on any atom is 0.266 e. The molecule has 6 heteroatoms. The summed E-state index contributed by atoms with van der Waals surface area (Å²) in [5.41, 5.74) is 0.546. The second-order valence-electron chi connectivity index (χ2n) is 4.02. The fourth-order valence-corrected chi connectivity index (χ4v) is 1.87. The zero-order valence-corrected chi connectivity index (χ0v) is 9.74. The van der Waals surface area contributed by atoms with Gasteiger partial charge in [0.1, 0.15) is 5.75 Å². The molecule has 0 atom stereocenters. The van der Waals surface area contributed by atoms with E-state index in [1.54, 1.807) is 18.2 Å². The summed E-state index contributed by atoms with van der Waals surface area (Å²) in [7, 11) is 0. The van der Waals surface area contributed by atoms with Gasteiger partial charge in [-0.1, -0.05) is 12.1 Å². The molecule has 0 radical (unpaired) electrons. The lowest BCUT2D eigenvalue weighted by molar-refractivity contribution is 0.121. The van der Waals surface area contributed by atoms with Crippen molar-refractivity contribution in [1.29, 1.82) is 0 Å². The van der Waals surface area contributed by atoms with Crippen molar-refractivity contribution < 1.29 is 14.4 Å². The predicted octanol–water partition coefficient (Wildman–Crippen LogP) is 1.28. The van der Waals surface area contributed by atoms with Crippen LogP contribution in [-0.2, 0) is 4.74 Å².